The molecule has 7 heteroatoms. The summed E-state index contributed by atoms with van der Waals surface area (Å²) < 4.78 is 29.4. The Bertz CT molecular complexity index is 531. The topological polar surface area (TPSA) is 76.0 Å². The summed E-state index contributed by atoms with van der Waals surface area (Å²) >= 11 is 0. The molecule has 0 amide bonds. The zero-order valence-electron chi connectivity index (χ0n) is 12.2. The Morgan fingerprint density at radius 1 is 1.50 bits per heavy atom. The molecule has 0 saturated carbocycles. The van der Waals surface area contributed by atoms with Crippen molar-refractivity contribution in [1.82, 2.24) is 19.6 Å². The number of sulfonamides is 1. The van der Waals surface area contributed by atoms with Crippen LogP contribution in [0.4, 0.5) is 0 Å². The van der Waals surface area contributed by atoms with Gasteiger partial charge in [-0.15, -0.1) is 0 Å². The summed E-state index contributed by atoms with van der Waals surface area (Å²) in [6.07, 6.45) is 5.61. The van der Waals surface area contributed by atoms with Gasteiger partial charge in [0.25, 0.3) is 10.0 Å². The van der Waals surface area contributed by atoms with Crippen molar-refractivity contribution < 1.29 is 8.42 Å². The summed E-state index contributed by atoms with van der Waals surface area (Å²) in [5.41, 5.74) is 0. The molecule has 1 aromatic rings. The van der Waals surface area contributed by atoms with Gasteiger partial charge in [-0.3, -0.25) is 0 Å². The molecule has 0 radical (unpaired) electrons. The summed E-state index contributed by atoms with van der Waals surface area (Å²) in [5, 5.41) is 3.39. The summed E-state index contributed by atoms with van der Waals surface area (Å²) in [6, 6.07) is -0.0425. The van der Waals surface area contributed by atoms with Gasteiger partial charge in [0.2, 0.25) is 0 Å². The van der Waals surface area contributed by atoms with Crippen molar-refractivity contribution in [2.75, 3.05) is 13.1 Å². The van der Waals surface area contributed by atoms with Crippen LogP contribution >= 0.6 is 0 Å². The van der Waals surface area contributed by atoms with Gasteiger partial charge in [-0.1, -0.05) is 13.3 Å². The average molecular weight is 300 g/mol. The fourth-order valence-corrected chi connectivity index (χ4v) is 3.75. The lowest BCUT2D eigenvalue weighted by Crippen LogP contribution is -2.40. The van der Waals surface area contributed by atoms with Crippen molar-refractivity contribution in [3.63, 3.8) is 0 Å². The summed E-state index contributed by atoms with van der Waals surface area (Å²) in [4.78, 5) is 4.18. The minimum Gasteiger partial charge on any atom is -0.334 e. The second-order valence-corrected chi connectivity index (χ2v) is 7.00. The summed E-state index contributed by atoms with van der Waals surface area (Å²) in [6.45, 7) is 6.33. The highest BCUT2D eigenvalue weighted by Crippen LogP contribution is 2.12. The van der Waals surface area contributed by atoms with Crippen LogP contribution in [0.5, 0.6) is 0 Å². The van der Waals surface area contributed by atoms with Crippen LogP contribution in [-0.4, -0.2) is 37.1 Å². The lowest BCUT2D eigenvalue weighted by Gasteiger charge is -2.15. The number of aryl methyl sites for hydroxylation is 2. The lowest BCUT2D eigenvalue weighted by molar-refractivity contribution is 0.519. The quantitative estimate of drug-likeness (QED) is 0.851. The van der Waals surface area contributed by atoms with Gasteiger partial charge < -0.3 is 9.88 Å². The van der Waals surface area contributed by atoms with Crippen LogP contribution in [0.1, 0.15) is 38.4 Å². The molecule has 1 aromatic heterocycles. The van der Waals surface area contributed by atoms with Gasteiger partial charge in [-0.25, -0.2) is 18.1 Å². The highest BCUT2D eigenvalue weighted by Gasteiger charge is 2.23. The molecule has 2 heterocycles. The van der Waals surface area contributed by atoms with Crippen molar-refractivity contribution in [2.24, 2.45) is 0 Å². The number of imidazole rings is 1. The molecule has 2 N–H and O–H groups in total. The SMILES string of the molecule is CCCn1cc(S(=O)(=O)NC2CCCCNC2)nc1C. The number of rotatable bonds is 5. The zero-order chi connectivity index (χ0) is 14.6. The van der Waals surface area contributed by atoms with E-state index < -0.39 is 10.0 Å². The fraction of sp³-hybridized carbons (Fsp3) is 0.769. The maximum Gasteiger partial charge on any atom is 0.259 e. The molecule has 0 bridgehead atoms. The van der Waals surface area contributed by atoms with Crippen molar-refractivity contribution in [1.29, 1.82) is 0 Å². The molecule has 1 unspecified atom stereocenters. The number of aromatic nitrogens is 2. The number of hydrogen-bond donors (Lipinski definition) is 2. The van der Waals surface area contributed by atoms with Crippen molar-refractivity contribution in [3.05, 3.63) is 12.0 Å². The second-order valence-electron chi connectivity index (χ2n) is 5.34. The Labute approximate surface area is 121 Å². The first-order valence-electron chi connectivity index (χ1n) is 7.29. The predicted octanol–water partition coefficient (Wildman–Crippen LogP) is 1.02. The molecule has 0 spiro atoms. The number of hydrogen-bond acceptors (Lipinski definition) is 4. The van der Waals surface area contributed by atoms with Crippen LogP contribution < -0.4 is 10.0 Å². The minimum atomic E-state index is -3.52. The molecular formula is C13H24N4O2S. The normalized spacial score (nSPS) is 20.8. The van der Waals surface area contributed by atoms with E-state index in [1.165, 1.54) is 0 Å². The number of nitrogens with one attached hydrogen (secondary N) is 2. The van der Waals surface area contributed by atoms with E-state index in [1.807, 2.05) is 11.5 Å². The molecule has 0 aliphatic carbocycles. The highest BCUT2D eigenvalue weighted by molar-refractivity contribution is 7.89. The zero-order valence-corrected chi connectivity index (χ0v) is 13.0. The molecule has 1 atom stereocenters. The smallest absolute Gasteiger partial charge is 0.259 e. The van der Waals surface area contributed by atoms with Gasteiger partial charge in [-0.2, -0.15) is 0 Å². The molecule has 114 valence electrons. The van der Waals surface area contributed by atoms with E-state index in [-0.39, 0.29) is 11.1 Å². The Balaban J connectivity index is 2.10. The van der Waals surface area contributed by atoms with Gasteiger partial charge in [0.1, 0.15) is 5.82 Å². The van der Waals surface area contributed by atoms with Gasteiger partial charge in [-0.05, 0) is 32.7 Å². The molecule has 1 fully saturated rings. The van der Waals surface area contributed by atoms with Gasteiger partial charge in [0.05, 0.1) is 0 Å². The van der Waals surface area contributed by atoms with Crippen molar-refractivity contribution >= 4 is 10.0 Å². The third-order valence-corrected chi connectivity index (χ3v) is 4.95. The Morgan fingerprint density at radius 2 is 2.30 bits per heavy atom. The molecule has 0 aromatic carbocycles. The highest BCUT2D eigenvalue weighted by atomic mass is 32.2. The third-order valence-electron chi connectivity index (χ3n) is 3.56. The molecule has 1 aliphatic rings. The monoisotopic (exact) mass is 300 g/mol. The van der Waals surface area contributed by atoms with Crippen LogP contribution in [0.3, 0.4) is 0 Å². The van der Waals surface area contributed by atoms with Gasteiger partial charge in [0.15, 0.2) is 5.03 Å². The largest absolute Gasteiger partial charge is 0.334 e. The van der Waals surface area contributed by atoms with E-state index >= 15 is 0 Å². The summed E-state index contributed by atoms with van der Waals surface area (Å²) in [5.74, 6) is 0.742. The standard InChI is InChI=1S/C13H24N4O2S/c1-3-8-17-10-13(15-11(17)2)20(18,19)16-12-6-4-5-7-14-9-12/h10,12,14,16H,3-9H2,1-2H3. The molecule has 6 nitrogen and oxygen atoms in total. The molecule has 1 aliphatic heterocycles. The summed E-state index contributed by atoms with van der Waals surface area (Å²) in [7, 11) is -3.52. The van der Waals surface area contributed by atoms with E-state index in [0.717, 1.165) is 44.6 Å². The van der Waals surface area contributed by atoms with Crippen LogP contribution in [0.2, 0.25) is 0 Å². The lowest BCUT2D eigenvalue weighted by atomic mass is 10.2. The van der Waals surface area contributed by atoms with Crippen molar-refractivity contribution in [3.8, 4) is 0 Å². The Hall–Kier alpha value is -0.920. The van der Waals surface area contributed by atoms with E-state index in [2.05, 4.69) is 21.9 Å². The Kier molecular flexibility index (Phi) is 5.17. The van der Waals surface area contributed by atoms with Crippen LogP contribution in [0.25, 0.3) is 0 Å². The second kappa shape index (κ2) is 6.69. The maximum absolute atomic E-state index is 12.4. The number of nitrogens with zero attached hydrogens (tertiary/aromatic N) is 2. The van der Waals surface area contributed by atoms with Gasteiger partial charge >= 0.3 is 0 Å². The molecule has 1 saturated heterocycles. The first kappa shape index (κ1) is 15.5. The Morgan fingerprint density at radius 3 is 3.05 bits per heavy atom. The molecule has 2 rings (SSSR count). The minimum absolute atomic E-state index is 0.0425. The molecule has 20 heavy (non-hydrogen) atoms. The third kappa shape index (κ3) is 3.80. The first-order chi connectivity index (χ1) is 9.53. The predicted molar refractivity (Wildman–Crippen MR) is 78.1 cm³/mol. The van der Waals surface area contributed by atoms with Crippen LogP contribution in [0, 0.1) is 6.92 Å². The van der Waals surface area contributed by atoms with E-state index in [1.54, 1.807) is 6.20 Å². The van der Waals surface area contributed by atoms with Crippen molar-refractivity contribution in [2.45, 2.75) is 57.1 Å². The molecular weight excluding hydrogens is 276 g/mol. The van der Waals surface area contributed by atoms with E-state index in [4.69, 9.17) is 0 Å². The average Bonchev–Trinajstić information content (AvgIpc) is 2.62. The van der Waals surface area contributed by atoms with E-state index in [0.29, 0.717) is 6.54 Å². The van der Waals surface area contributed by atoms with Crippen LogP contribution in [-0.2, 0) is 16.6 Å². The van der Waals surface area contributed by atoms with E-state index in [9.17, 15) is 8.42 Å². The fourth-order valence-electron chi connectivity index (χ4n) is 2.48. The first-order valence-corrected chi connectivity index (χ1v) is 8.78. The van der Waals surface area contributed by atoms with Gasteiger partial charge in [0, 0.05) is 25.3 Å². The van der Waals surface area contributed by atoms with Crippen LogP contribution in [0.15, 0.2) is 11.2 Å². The maximum atomic E-state index is 12.4.